The average Bonchev–Trinajstić information content (AvgIpc) is 3.23. The molecule has 4 rings (SSSR count). The Morgan fingerprint density at radius 1 is 1.35 bits per heavy atom. The van der Waals surface area contributed by atoms with E-state index < -0.39 is 0 Å². The maximum Gasteiger partial charge on any atom is 0.319 e. The molecule has 0 saturated heterocycles. The molecule has 3 aliphatic rings. The van der Waals surface area contributed by atoms with E-state index in [0.717, 1.165) is 25.1 Å². The van der Waals surface area contributed by atoms with Crippen LogP contribution in [-0.4, -0.2) is 37.4 Å². The molecule has 0 aromatic heterocycles. The standard InChI is InChI=1S/C18H25N3O2/c1-21-7-6-11-4-5-14(9-16(11)21)19-18(23)20-17-13-3-2-12(8-13)15(17)10-22/h4-5,9,12-13,15,17,22H,2-3,6-8,10H2,1H3,(H2,19,20,23). The van der Waals surface area contributed by atoms with Gasteiger partial charge >= 0.3 is 6.03 Å². The zero-order valence-electron chi connectivity index (χ0n) is 13.6. The van der Waals surface area contributed by atoms with Crippen LogP contribution in [0.15, 0.2) is 18.2 Å². The number of benzene rings is 1. The lowest BCUT2D eigenvalue weighted by atomic mass is 9.85. The van der Waals surface area contributed by atoms with Gasteiger partial charge in [-0.1, -0.05) is 6.07 Å². The number of carbonyl (C=O) groups is 1. The highest BCUT2D eigenvalue weighted by Gasteiger charge is 2.47. The minimum Gasteiger partial charge on any atom is -0.396 e. The van der Waals surface area contributed by atoms with Crippen molar-refractivity contribution in [2.24, 2.45) is 17.8 Å². The maximum absolute atomic E-state index is 12.4. The molecule has 2 bridgehead atoms. The van der Waals surface area contributed by atoms with E-state index in [0.29, 0.717) is 11.8 Å². The molecule has 3 N–H and O–H groups in total. The van der Waals surface area contributed by atoms with Crippen molar-refractivity contribution < 1.29 is 9.90 Å². The predicted octanol–water partition coefficient (Wildman–Crippen LogP) is 2.21. The molecule has 124 valence electrons. The van der Waals surface area contributed by atoms with Crippen LogP contribution in [0, 0.1) is 17.8 Å². The molecule has 1 heterocycles. The van der Waals surface area contributed by atoms with Crippen LogP contribution in [0.2, 0.25) is 0 Å². The Balaban J connectivity index is 1.42. The largest absolute Gasteiger partial charge is 0.396 e. The first-order chi connectivity index (χ1) is 11.2. The Kier molecular flexibility index (Phi) is 3.68. The van der Waals surface area contributed by atoms with E-state index in [1.807, 2.05) is 12.1 Å². The summed E-state index contributed by atoms with van der Waals surface area (Å²) in [6.45, 7) is 1.21. The molecule has 2 fully saturated rings. The fourth-order valence-electron chi connectivity index (χ4n) is 4.83. The fraction of sp³-hybridized carbons (Fsp3) is 0.611. The van der Waals surface area contributed by atoms with Crippen molar-refractivity contribution in [3.8, 4) is 0 Å². The minimum absolute atomic E-state index is 0.121. The van der Waals surface area contributed by atoms with E-state index in [-0.39, 0.29) is 24.6 Å². The number of carbonyl (C=O) groups excluding carboxylic acids is 1. The molecule has 5 heteroatoms. The Hall–Kier alpha value is -1.75. The van der Waals surface area contributed by atoms with Crippen LogP contribution in [0.5, 0.6) is 0 Å². The van der Waals surface area contributed by atoms with Crippen LogP contribution in [-0.2, 0) is 6.42 Å². The summed E-state index contributed by atoms with van der Waals surface area (Å²) < 4.78 is 0. The Labute approximate surface area is 137 Å². The Morgan fingerprint density at radius 2 is 2.17 bits per heavy atom. The Morgan fingerprint density at radius 3 is 3.00 bits per heavy atom. The van der Waals surface area contributed by atoms with Gasteiger partial charge in [-0.25, -0.2) is 4.79 Å². The number of hydrogen-bond donors (Lipinski definition) is 3. The molecule has 2 saturated carbocycles. The van der Waals surface area contributed by atoms with Crippen LogP contribution in [0.25, 0.3) is 0 Å². The van der Waals surface area contributed by atoms with Gasteiger partial charge in [-0.05, 0) is 55.2 Å². The normalized spacial score (nSPS) is 31.3. The third-order valence-corrected chi connectivity index (χ3v) is 6.07. The zero-order valence-corrected chi connectivity index (χ0v) is 13.6. The van der Waals surface area contributed by atoms with Crippen LogP contribution < -0.4 is 15.5 Å². The summed E-state index contributed by atoms with van der Waals surface area (Å²) in [5.41, 5.74) is 3.38. The van der Waals surface area contributed by atoms with Crippen molar-refractivity contribution in [1.29, 1.82) is 0 Å². The molecule has 2 aliphatic carbocycles. The van der Waals surface area contributed by atoms with E-state index in [1.54, 1.807) is 0 Å². The minimum atomic E-state index is -0.151. The van der Waals surface area contributed by atoms with Gasteiger partial charge in [-0.3, -0.25) is 0 Å². The number of fused-ring (bicyclic) bond motifs is 3. The van der Waals surface area contributed by atoms with Crippen molar-refractivity contribution in [1.82, 2.24) is 5.32 Å². The smallest absolute Gasteiger partial charge is 0.319 e. The lowest BCUT2D eigenvalue weighted by molar-refractivity contribution is 0.146. The second-order valence-electron chi connectivity index (χ2n) is 7.32. The number of aliphatic hydroxyl groups excluding tert-OH is 1. The predicted molar refractivity (Wildman–Crippen MR) is 90.8 cm³/mol. The van der Waals surface area contributed by atoms with Gasteiger partial charge in [0.25, 0.3) is 0 Å². The second-order valence-corrected chi connectivity index (χ2v) is 7.32. The molecule has 4 atom stereocenters. The number of hydrogen-bond acceptors (Lipinski definition) is 3. The van der Waals surface area contributed by atoms with E-state index in [2.05, 4.69) is 28.6 Å². The molecule has 4 unspecified atom stereocenters. The first-order valence-electron chi connectivity index (χ1n) is 8.68. The van der Waals surface area contributed by atoms with E-state index >= 15 is 0 Å². The van der Waals surface area contributed by atoms with Crippen molar-refractivity contribution in [2.45, 2.75) is 31.7 Å². The van der Waals surface area contributed by atoms with Crippen LogP contribution in [0.1, 0.15) is 24.8 Å². The molecular formula is C18H25N3O2. The molecule has 0 spiro atoms. The molecule has 1 aromatic rings. The maximum atomic E-state index is 12.4. The summed E-state index contributed by atoms with van der Waals surface area (Å²) in [6, 6.07) is 6.09. The van der Waals surface area contributed by atoms with Crippen molar-refractivity contribution in [3.05, 3.63) is 23.8 Å². The summed E-state index contributed by atoms with van der Waals surface area (Å²) in [5, 5.41) is 15.7. The summed E-state index contributed by atoms with van der Waals surface area (Å²) in [5.74, 6) is 1.35. The molecule has 23 heavy (non-hydrogen) atoms. The molecule has 1 aromatic carbocycles. The number of urea groups is 1. The van der Waals surface area contributed by atoms with Crippen LogP contribution in [0.3, 0.4) is 0 Å². The number of aliphatic hydroxyl groups is 1. The number of likely N-dealkylation sites (N-methyl/N-ethyl adjacent to an activating group) is 1. The first kappa shape index (κ1) is 14.8. The van der Waals surface area contributed by atoms with Gasteiger partial charge in [0.15, 0.2) is 0 Å². The molecule has 2 amide bonds. The summed E-state index contributed by atoms with van der Waals surface area (Å²) in [6.07, 6.45) is 4.60. The van der Waals surface area contributed by atoms with Crippen molar-refractivity contribution in [3.63, 3.8) is 0 Å². The van der Waals surface area contributed by atoms with Crippen molar-refractivity contribution in [2.75, 3.05) is 30.4 Å². The molecule has 5 nitrogen and oxygen atoms in total. The van der Waals surface area contributed by atoms with E-state index in [1.165, 1.54) is 24.1 Å². The van der Waals surface area contributed by atoms with Gasteiger partial charge in [0.05, 0.1) is 0 Å². The number of nitrogens with zero attached hydrogens (tertiary/aromatic N) is 1. The number of amides is 2. The van der Waals surface area contributed by atoms with Gasteiger partial charge in [-0.15, -0.1) is 0 Å². The fourth-order valence-corrected chi connectivity index (χ4v) is 4.83. The van der Waals surface area contributed by atoms with Gasteiger partial charge in [0.1, 0.15) is 0 Å². The first-order valence-corrected chi connectivity index (χ1v) is 8.68. The highest BCUT2D eigenvalue weighted by atomic mass is 16.3. The third kappa shape index (κ3) is 2.57. The van der Waals surface area contributed by atoms with Gasteiger partial charge in [0.2, 0.25) is 0 Å². The Bertz CT molecular complexity index is 618. The van der Waals surface area contributed by atoms with Crippen molar-refractivity contribution >= 4 is 17.4 Å². The summed E-state index contributed by atoms with van der Waals surface area (Å²) in [7, 11) is 2.08. The highest BCUT2D eigenvalue weighted by molar-refractivity contribution is 5.90. The topological polar surface area (TPSA) is 64.6 Å². The molecule has 0 radical (unpaired) electrons. The monoisotopic (exact) mass is 315 g/mol. The van der Waals surface area contributed by atoms with E-state index in [9.17, 15) is 9.90 Å². The number of anilines is 2. The third-order valence-electron chi connectivity index (χ3n) is 6.07. The molecular weight excluding hydrogens is 290 g/mol. The van der Waals surface area contributed by atoms with Gasteiger partial charge in [0, 0.05) is 43.5 Å². The molecule has 1 aliphatic heterocycles. The quantitative estimate of drug-likeness (QED) is 0.801. The number of nitrogens with one attached hydrogen (secondary N) is 2. The second kappa shape index (κ2) is 5.71. The number of rotatable bonds is 3. The average molecular weight is 315 g/mol. The van der Waals surface area contributed by atoms with Gasteiger partial charge in [-0.2, -0.15) is 0 Å². The van der Waals surface area contributed by atoms with Gasteiger partial charge < -0.3 is 20.6 Å². The summed E-state index contributed by atoms with van der Waals surface area (Å²) in [4.78, 5) is 14.6. The van der Waals surface area contributed by atoms with E-state index in [4.69, 9.17) is 0 Å². The lowest BCUT2D eigenvalue weighted by Gasteiger charge is -2.30. The zero-order chi connectivity index (χ0) is 16.0. The SMILES string of the molecule is CN1CCc2ccc(NC(=O)NC3C4CCC(C4)C3CO)cc21. The van der Waals surface area contributed by atoms with Crippen LogP contribution in [0.4, 0.5) is 16.2 Å². The lowest BCUT2D eigenvalue weighted by Crippen LogP contribution is -2.46. The highest BCUT2D eigenvalue weighted by Crippen LogP contribution is 2.48. The summed E-state index contributed by atoms with van der Waals surface area (Å²) >= 11 is 0. The van der Waals surface area contributed by atoms with Crippen LogP contribution >= 0.6 is 0 Å².